The highest BCUT2D eigenvalue weighted by Gasteiger charge is 2.36. The van der Waals surface area contributed by atoms with E-state index in [0.717, 1.165) is 18.4 Å². The predicted octanol–water partition coefficient (Wildman–Crippen LogP) is 3.55. The molecule has 2 nitrogen and oxygen atoms in total. The van der Waals surface area contributed by atoms with Gasteiger partial charge in [0.15, 0.2) is 0 Å². The summed E-state index contributed by atoms with van der Waals surface area (Å²) in [7, 11) is 2.08. The Morgan fingerprint density at radius 1 is 1.20 bits per heavy atom. The molecule has 1 saturated carbocycles. The summed E-state index contributed by atoms with van der Waals surface area (Å²) < 4.78 is 0. The summed E-state index contributed by atoms with van der Waals surface area (Å²) in [6.45, 7) is 7.03. The zero-order valence-corrected chi connectivity index (χ0v) is 13.1. The van der Waals surface area contributed by atoms with Crippen molar-refractivity contribution in [2.24, 2.45) is 5.92 Å². The van der Waals surface area contributed by atoms with Crippen molar-refractivity contribution in [2.45, 2.75) is 51.1 Å². The van der Waals surface area contributed by atoms with Crippen molar-refractivity contribution in [2.75, 3.05) is 20.1 Å². The zero-order valence-electron chi connectivity index (χ0n) is 13.1. The zero-order chi connectivity index (χ0) is 14.1. The molecule has 110 valence electrons. The van der Waals surface area contributed by atoms with Gasteiger partial charge in [0, 0.05) is 12.1 Å². The second-order valence-electron chi connectivity index (χ2n) is 6.83. The molecule has 2 heteroatoms. The van der Waals surface area contributed by atoms with Crippen molar-refractivity contribution in [3.8, 4) is 0 Å². The molecule has 0 aromatic heterocycles. The monoisotopic (exact) mass is 272 g/mol. The minimum atomic E-state index is 0.598. The average molecular weight is 272 g/mol. The van der Waals surface area contributed by atoms with Gasteiger partial charge in [-0.05, 0) is 76.2 Å². The van der Waals surface area contributed by atoms with E-state index in [-0.39, 0.29) is 0 Å². The van der Waals surface area contributed by atoms with Crippen molar-refractivity contribution < 1.29 is 0 Å². The van der Waals surface area contributed by atoms with Crippen LogP contribution in [0.4, 0.5) is 0 Å². The van der Waals surface area contributed by atoms with E-state index in [1.54, 1.807) is 11.1 Å². The molecule has 2 fully saturated rings. The molecule has 2 unspecified atom stereocenters. The third kappa shape index (κ3) is 2.77. The van der Waals surface area contributed by atoms with Gasteiger partial charge in [-0.1, -0.05) is 24.3 Å². The Kier molecular flexibility index (Phi) is 4.13. The highest BCUT2D eigenvalue weighted by molar-refractivity contribution is 5.32. The molecule has 1 aromatic carbocycles. The highest BCUT2D eigenvalue weighted by Crippen LogP contribution is 2.43. The van der Waals surface area contributed by atoms with E-state index in [9.17, 15) is 0 Å². The van der Waals surface area contributed by atoms with Gasteiger partial charge in [-0.3, -0.25) is 4.90 Å². The number of likely N-dealkylation sites (tertiary alicyclic amines) is 1. The number of hydrogen-bond donors (Lipinski definition) is 1. The van der Waals surface area contributed by atoms with E-state index in [0.29, 0.717) is 12.1 Å². The van der Waals surface area contributed by atoms with Crippen LogP contribution in [-0.4, -0.2) is 31.1 Å². The van der Waals surface area contributed by atoms with E-state index in [1.165, 1.54) is 25.8 Å². The lowest BCUT2D eigenvalue weighted by atomic mass is 9.91. The molecule has 2 atom stereocenters. The standard InChI is InChI=1S/C18H28N2/c1-13(2)20-10-9-17(12-19-3)18(20)16-6-4-5-15(11-16)14-7-8-14/h4-6,11,13-14,17-19H,7-10,12H2,1-3H3. The van der Waals surface area contributed by atoms with Crippen molar-refractivity contribution in [3.63, 3.8) is 0 Å². The van der Waals surface area contributed by atoms with Crippen molar-refractivity contribution in [1.29, 1.82) is 0 Å². The lowest BCUT2D eigenvalue weighted by molar-refractivity contribution is 0.182. The maximum absolute atomic E-state index is 3.39. The molecule has 2 aliphatic rings. The van der Waals surface area contributed by atoms with Gasteiger partial charge in [0.1, 0.15) is 0 Å². The van der Waals surface area contributed by atoms with Crippen LogP contribution in [0.3, 0.4) is 0 Å². The van der Waals surface area contributed by atoms with Gasteiger partial charge in [0.05, 0.1) is 0 Å². The Hall–Kier alpha value is -0.860. The molecule has 1 aliphatic heterocycles. The molecule has 1 saturated heterocycles. The number of benzene rings is 1. The fraction of sp³-hybridized carbons (Fsp3) is 0.667. The Bertz CT molecular complexity index is 450. The molecule has 1 aliphatic carbocycles. The van der Waals surface area contributed by atoms with Crippen LogP contribution in [0.15, 0.2) is 24.3 Å². The summed E-state index contributed by atoms with van der Waals surface area (Å²) in [5, 5.41) is 3.39. The van der Waals surface area contributed by atoms with Crippen LogP contribution >= 0.6 is 0 Å². The summed E-state index contributed by atoms with van der Waals surface area (Å²) in [6, 6.07) is 10.7. The molecule has 1 heterocycles. The minimum Gasteiger partial charge on any atom is -0.319 e. The van der Waals surface area contributed by atoms with E-state index in [2.05, 4.69) is 55.4 Å². The summed E-state index contributed by atoms with van der Waals surface area (Å²) in [6.07, 6.45) is 4.10. The lowest BCUT2D eigenvalue weighted by Crippen LogP contribution is -2.33. The predicted molar refractivity (Wildman–Crippen MR) is 85.0 cm³/mol. The molecule has 1 aromatic rings. The van der Waals surface area contributed by atoms with Crippen LogP contribution in [0, 0.1) is 5.92 Å². The van der Waals surface area contributed by atoms with Gasteiger partial charge >= 0.3 is 0 Å². The molecule has 0 amide bonds. The van der Waals surface area contributed by atoms with Gasteiger partial charge in [0.25, 0.3) is 0 Å². The first-order chi connectivity index (χ1) is 9.70. The topological polar surface area (TPSA) is 15.3 Å². The highest BCUT2D eigenvalue weighted by atomic mass is 15.2. The van der Waals surface area contributed by atoms with Crippen LogP contribution in [0.2, 0.25) is 0 Å². The largest absolute Gasteiger partial charge is 0.319 e. The van der Waals surface area contributed by atoms with E-state index in [1.807, 2.05) is 0 Å². The maximum atomic E-state index is 3.39. The van der Waals surface area contributed by atoms with Crippen LogP contribution in [0.25, 0.3) is 0 Å². The summed E-state index contributed by atoms with van der Waals surface area (Å²) in [4.78, 5) is 2.69. The third-order valence-electron chi connectivity index (χ3n) is 4.99. The van der Waals surface area contributed by atoms with Gasteiger partial charge < -0.3 is 5.32 Å². The minimum absolute atomic E-state index is 0.598. The van der Waals surface area contributed by atoms with Gasteiger partial charge in [-0.25, -0.2) is 0 Å². The van der Waals surface area contributed by atoms with Crippen LogP contribution < -0.4 is 5.32 Å². The lowest BCUT2D eigenvalue weighted by Gasteiger charge is -2.32. The van der Waals surface area contributed by atoms with Crippen molar-refractivity contribution in [1.82, 2.24) is 10.2 Å². The van der Waals surface area contributed by atoms with Gasteiger partial charge in [-0.15, -0.1) is 0 Å². The Morgan fingerprint density at radius 3 is 2.60 bits per heavy atom. The molecule has 3 rings (SSSR count). The molecule has 1 N–H and O–H groups in total. The van der Waals surface area contributed by atoms with E-state index >= 15 is 0 Å². The van der Waals surface area contributed by atoms with Crippen LogP contribution in [-0.2, 0) is 0 Å². The smallest absolute Gasteiger partial charge is 0.0391 e. The summed E-state index contributed by atoms with van der Waals surface area (Å²) in [5.74, 6) is 1.60. The number of rotatable bonds is 5. The fourth-order valence-electron chi connectivity index (χ4n) is 3.82. The third-order valence-corrected chi connectivity index (χ3v) is 4.99. The SMILES string of the molecule is CNCC1CCN(C(C)C)C1c1cccc(C2CC2)c1. The summed E-state index contributed by atoms with van der Waals surface area (Å²) >= 11 is 0. The number of nitrogens with zero attached hydrogens (tertiary/aromatic N) is 1. The van der Waals surface area contributed by atoms with Crippen molar-refractivity contribution >= 4 is 0 Å². The second kappa shape index (κ2) is 5.87. The number of nitrogens with one attached hydrogen (secondary N) is 1. The molecule has 20 heavy (non-hydrogen) atoms. The van der Waals surface area contributed by atoms with Crippen molar-refractivity contribution in [3.05, 3.63) is 35.4 Å². The van der Waals surface area contributed by atoms with Crippen LogP contribution in [0.5, 0.6) is 0 Å². The second-order valence-corrected chi connectivity index (χ2v) is 6.83. The summed E-state index contributed by atoms with van der Waals surface area (Å²) in [5.41, 5.74) is 3.11. The first-order valence-corrected chi connectivity index (χ1v) is 8.21. The van der Waals surface area contributed by atoms with E-state index < -0.39 is 0 Å². The molecule has 0 radical (unpaired) electrons. The Morgan fingerprint density at radius 2 is 1.95 bits per heavy atom. The molecule has 0 spiro atoms. The molecular weight excluding hydrogens is 244 g/mol. The first kappa shape index (κ1) is 14.1. The quantitative estimate of drug-likeness (QED) is 0.882. The average Bonchev–Trinajstić information content (AvgIpc) is 3.20. The fourth-order valence-corrected chi connectivity index (χ4v) is 3.82. The Labute approximate surface area is 123 Å². The normalized spacial score (nSPS) is 27.4. The van der Waals surface area contributed by atoms with E-state index in [4.69, 9.17) is 0 Å². The number of hydrogen-bond acceptors (Lipinski definition) is 2. The first-order valence-electron chi connectivity index (χ1n) is 8.21. The molecular formula is C18H28N2. The van der Waals surface area contributed by atoms with Gasteiger partial charge in [-0.2, -0.15) is 0 Å². The van der Waals surface area contributed by atoms with Crippen LogP contribution in [0.1, 0.15) is 56.2 Å². The molecule has 0 bridgehead atoms. The Balaban J connectivity index is 1.88. The van der Waals surface area contributed by atoms with Gasteiger partial charge in [0.2, 0.25) is 0 Å². The maximum Gasteiger partial charge on any atom is 0.0391 e.